The van der Waals surface area contributed by atoms with Crippen molar-refractivity contribution in [1.82, 2.24) is 5.32 Å². The minimum Gasteiger partial charge on any atom is -0.465 e. The molecule has 0 bridgehead atoms. The number of ether oxygens (including phenoxy) is 1. The van der Waals surface area contributed by atoms with Crippen molar-refractivity contribution in [2.24, 2.45) is 0 Å². The lowest BCUT2D eigenvalue weighted by molar-refractivity contribution is -0.142. The molecule has 0 aliphatic rings. The van der Waals surface area contributed by atoms with E-state index in [2.05, 4.69) is 5.32 Å². The van der Waals surface area contributed by atoms with Crippen LogP contribution in [0.5, 0.6) is 0 Å². The Morgan fingerprint density at radius 2 is 2.11 bits per heavy atom. The van der Waals surface area contributed by atoms with Crippen LogP contribution in [-0.4, -0.2) is 19.1 Å². The van der Waals surface area contributed by atoms with Gasteiger partial charge in [0.1, 0.15) is 0 Å². The molecule has 0 saturated heterocycles. The highest BCUT2D eigenvalue weighted by Gasteiger charge is 2.14. The van der Waals surface area contributed by atoms with E-state index in [0.29, 0.717) is 16.7 Å². The average molecular weight is 290 g/mol. The summed E-state index contributed by atoms with van der Waals surface area (Å²) in [4.78, 5) is 11.3. The predicted octanol–water partition coefficient (Wildman–Crippen LogP) is 3.60. The Bertz CT molecular complexity index is 410. The van der Waals surface area contributed by atoms with Gasteiger partial charge in [0.05, 0.1) is 13.2 Å². The molecule has 100 valence electrons. The molecule has 1 unspecified atom stereocenters. The van der Waals surface area contributed by atoms with E-state index < -0.39 is 0 Å². The number of carbonyl (C=O) groups excluding carboxylic acids is 1. The molecule has 0 aromatic heterocycles. The molecule has 1 aromatic carbocycles. The van der Waals surface area contributed by atoms with Gasteiger partial charge in [-0.3, -0.25) is 10.1 Å². The monoisotopic (exact) mass is 289 g/mol. The lowest BCUT2D eigenvalue weighted by Gasteiger charge is -2.18. The van der Waals surface area contributed by atoms with Crippen molar-refractivity contribution in [2.45, 2.75) is 26.3 Å². The normalized spacial score (nSPS) is 12.2. The maximum atomic E-state index is 11.3. The standard InChI is InChI=1S/C13H17Cl2NO2/c1-3-12(16-8-13(17)18-4-2)10-6-5-9(14)7-11(10)15/h5-7,12,16H,3-4,8H2,1-2H3. The maximum Gasteiger partial charge on any atom is 0.319 e. The fraction of sp³-hybridized carbons (Fsp3) is 0.462. The quantitative estimate of drug-likeness (QED) is 0.814. The van der Waals surface area contributed by atoms with Gasteiger partial charge in [0.25, 0.3) is 0 Å². The van der Waals surface area contributed by atoms with Gasteiger partial charge in [0.15, 0.2) is 0 Å². The van der Waals surface area contributed by atoms with E-state index in [9.17, 15) is 4.79 Å². The van der Waals surface area contributed by atoms with Crippen LogP contribution in [0.15, 0.2) is 18.2 Å². The highest BCUT2D eigenvalue weighted by molar-refractivity contribution is 6.35. The molecule has 5 heteroatoms. The summed E-state index contributed by atoms with van der Waals surface area (Å²) in [6.07, 6.45) is 0.820. The van der Waals surface area contributed by atoms with E-state index in [0.717, 1.165) is 12.0 Å². The van der Waals surface area contributed by atoms with Crippen molar-refractivity contribution < 1.29 is 9.53 Å². The van der Waals surface area contributed by atoms with Gasteiger partial charge in [-0.1, -0.05) is 36.2 Å². The zero-order valence-electron chi connectivity index (χ0n) is 10.5. The molecule has 0 aliphatic heterocycles. The summed E-state index contributed by atoms with van der Waals surface area (Å²) in [7, 11) is 0. The summed E-state index contributed by atoms with van der Waals surface area (Å²) in [6.45, 7) is 4.36. The van der Waals surface area contributed by atoms with Crippen molar-refractivity contribution in [3.63, 3.8) is 0 Å². The lowest BCUT2D eigenvalue weighted by atomic mass is 10.0. The van der Waals surface area contributed by atoms with Crippen LogP contribution in [0.1, 0.15) is 31.9 Å². The molecule has 1 rings (SSSR count). The highest BCUT2D eigenvalue weighted by Crippen LogP contribution is 2.27. The van der Waals surface area contributed by atoms with Crippen LogP contribution >= 0.6 is 23.2 Å². The topological polar surface area (TPSA) is 38.3 Å². The van der Waals surface area contributed by atoms with Crippen LogP contribution < -0.4 is 5.32 Å². The Balaban J connectivity index is 2.68. The van der Waals surface area contributed by atoms with E-state index >= 15 is 0 Å². The molecule has 18 heavy (non-hydrogen) atoms. The predicted molar refractivity (Wildman–Crippen MR) is 74.1 cm³/mol. The fourth-order valence-electron chi connectivity index (χ4n) is 1.68. The molecule has 0 amide bonds. The van der Waals surface area contributed by atoms with Crippen molar-refractivity contribution in [3.05, 3.63) is 33.8 Å². The van der Waals surface area contributed by atoms with Gasteiger partial charge in [0, 0.05) is 16.1 Å². The van der Waals surface area contributed by atoms with Crippen LogP contribution in [0.4, 0.5) is 0 Å². The van der Waals surface area contributed by atoms with Gasteiger partial charge in [-0.2, -0.15) is 0 Å². The number of benzene rings is 1. The van der Waals surface area contributed by atoms with Crippen molar-refractivity contribution in [3.8, 4) is 0 Å². The number of nitrogens with one attached hydrogen (secondary N) is 1. The third-order valence-corrected chi connectivity index (χ3v) is 3.11. The Labute approximate surface area is 117 Å². The van der Waals surface area contributed by atoms with Crippen molar-refractivity contribution in [1.29, 1.82) is 0 Å². The van der Waals surface area contributed by atoms with E-state index in [1.54, 1.807) is 19.1 Å². The van der Waals surface area contributed by atoms with E-state index in [-0.39, 0.29) is 18.6 Å². The molecule has 0 spiro atoms. The third kappa shape index (κ3) is 4.48. The summed E-state index contributed by atoms with van der Waals surface area (Å²) in [6, 6.07) is 5.38. The highest BCUT2D eigenvalue weighted by atomic mass is 35.5. The Kier molecular flexibility index (Phi) is 6.47. The van der Waals surface area contributed by atoms with Crippen LogP contribution in [0.2, 0.25) is 10.0 Å². The van der Waals surface area contributed by atoms with Gasteiger partial charge in [-0.25, -0.2) is 0 Å². The number of hydrogen-bond donors (Lipinski definition) is 1. The molecule has 0 heterocycles. The van der Waals surface area contributed by atoms with Crippen LogP contribution in [-0.2, 0) is 9.53 Å². The molecule has 1 atom stereocenters. The minimum absolute atomic E-state index is 0.0131. The number of rotatable bonds is 6. The zero-order valence-corrected chi connectivity index (χ0v) is 12.0. The van der Waals surface area contributed by atoms with Gasteiger partial charge < -0.3 is 4.74 Å². The van der Waals surface area contributed by atoms with Crippen molar-refractivity contribution >= 4 is 29.2 Å². The molecular formula is C13H17Cl2NO2. The zero-order chi connectivity index (χ0) is 13.5. The van der Waals surface area contributed by atoms with E-state index in [1.165, 1.54) is 0 Å². The first kappa shape index (κ1) is 15.3. The molecule has 1 aromatic rings. The Morgan fingerprint density at radius 1 is 1.39 bits per heavy atom. The SMILES string of the molecule is CCOC(=O)CNC(CC)c1ccc(Cl)cc1Cl. The second-order valence-corrected chi connectivity index (χ2v) is 4.66. The third-order valence-electron chi connectivity index (χ3n) is 2.54. The van der Waals surface area contributed by atoms with Crippen molar-refractivity contribution in [2.75, 3.05) is 13.2 Å². The van der Waals surface area contributed by atoms with E-state index in [1.807, 2.05) is 13.0 Å². The maximum absolute atomic E-state index is 11.3. The molecular weight excluding hydrogens is 273 g/mol. The summed E-state index contributed by atoms with van der Waals surface area (Å²) in [5, 5.41) is 4.33. The fourth-order valence-corrected chi connectivity index (χ4v) is 2.22. The summed E-state index contributed by atoms with van der Waals surface area (Å²) in [5.41, 5.74) is 0.938. The number of esters is 1. The summed E-state index contributed by atoms with van der Waals surface area (Å²) >= 11 is 12.0. The molecule has 3 nitrogen and oxygen atoms in total. The second kappa shape index (κ2) is 7.62. The summed E-state index contributed by atoms with van der Waals surface area (Å²) < 4.78 is 4.87. The number of halogens is 2. The largest absolute Gasteiger partial charge is 0.465 e. The molecule has 0 saturated carbocycles. The lowest BCUT2D eigenvalue weighted by Crippen LogP contribution is -2.28. The smallest absolute Gasteiger partial charge is 0.319 e. The molecule has 0 aliphatic carbocycles. The van der Waals surface area contributed by atoms with Gasteiger partial charge in [0.2, 0.25) is 0 Å². The first-order chi connectivity index (χ1) is 8.58. The first-order valence-electron chi connectivity index (χ1n) is 5.92. The Hall–Kier alpha value is -0.770. The number of hydrogen-bond acceptors (Lipinski definition) is 3. The van der Waals surface area contributed by atoms with Crippen LogP contribution in [0, 0.1) is 0 Å². The molecule has 0 fully saturated rings. The van der Waals surface area contributed by atoms with E-state index in [4.69, 9.17) is 27.9 Å². The Morgan fingerprint density at radius 3 is 2.67 bits per heavy atom. The molecule has 0 radical (unpaired) electrons. The van der Waals surface area contributed by atoms with Gasteiger partial charge >= 0.3 is 5.97 Å². The second-order valence-electron chi connectivity index (χ2n) is 3.81. The molecule has 1 N–H and O–H groups in total. The minimum atomic E-state index is -0.263. The first-order valence-corrected chi connectivity index (χ1v) is 6.68. The average Bonchev–Trinajstić information content (AvgIpc) is 2.32. The van der Waals surface area contributed by atoms with Gasteiger partial charge in [-0.15, -0.1) is 0 Å². The van der Waals surface area contributed by atoms with Crippen LogP contribution in [0.25, 0.3) is 0 Å². The number of carbonyl (C=O) groups is 1. The summed E-state index contributed by atoms with van der Waals surface area (Å²) in [5.74, 6) is -0.263. The van der Waals surface area contributed by atoms with Crippen LogP contribution in [0.3, 0.4) is 0 Å². The van der Waals surface area contributed by atoms with Gasteiger partial charge in [-0.05, 0) is 31.0 Å².